The molecule has 2 aromatic rings. The number of anilines is 1. The van der Waals surface area contributed by atoms with E-state index in [2.05, 4.69) is 10.3 Å². The van der Waals surface area contributed by atoms with Crippen LogP contribution in [-0.2, 0) is 0 Å². The van der Waals surface area contributed by atoms with E-state index in [1.165, 1.54) is 37.8 Å². The molecule has 0 atom stereocenters. The fourth-order valence-corrected chi connectivity index (χ4v) is 3.08. The summed E-state index contributed by atoms with van der Waals surface area (Å²) in [5.74, 6) is 2.47. The maximum atomic E-state index is 10.8. The number of fused-ring (bicyclic) bond motifs is 1. The van der Waals surface area contributed by atoms with Crippen LogP contribution in [0, 0.1) is 27.9 Å². The van der Waals surface area contributed by atoms with E-state index < -0.39 is 4.92 Å². The molecule has 1 aromatic heterocycles. The van der Waals surface area contributed by atoms with Crippen molar-refractivity contribution in [1.82, 2.24) is 4.98 Å². The Morgan fingerprint density at radius 2 is 2.05 bits per heavy atom. The van der Waals surface area contributed by atoms with Gasteiger partial charge in [0.2, 0.25) is 0 Å². The number of rotatable bonds is 6. The highest BCUT2D eigenvalue weighted by Gasteiger charge is 2.41. The molecule has 0 bridgehead atoms. The van der Waals surface area contributed by atoms with Gasteiger partial charge in [-0.25, -0.2) is 0 Å². The maximum absolute atomic E-state index is 10.8. The Morgan fingerprint density at radius 3 is 2.67 bits per heavy atom. The summed E-state index contributed by atoms with van der Waals surface area (Å²) in [5.41, 5.74) is 1.15. The molecule has 0 saturated heterocycles. The lowest BCUT2D eigenvalue weighted by Crippen LogP contribution is -2.18. The normalized spacial score (nSPS) is 18.3. The lowest BCUT2D eigenvalue weighted by molar-refractivity contribution is -0.384. The molecule has 6 heteroatoms. The van der Waals surface area contributed by atoms with Gasteiger partial charge in [0.05, 0.1) is 4.92 Å². The summed E-state index contributed by atoms with van der Waals surface area (Å²) in [5, 5.41) is 14.0. The van der Waals surface area contributed by atoms with Crippen molar-refractivity contribution in [2.45, 2.75) is 25.7 Å². The number of hydrogen-bond acceptors (Lipinski definition) is 5. The number of nitro groups is 1. The summed E-state index contributed by atoms with van der Waals surface area (Å²) in [4.78, 5) is 14.6. The molecule has 0 unspecified atom stereocenters. The van der Waals surface area contributed by atoms with Crippen molar-refractivity contribution in [2.75, 3.05) is 11.9 Å². The first kappa shape index (κ1) is 12.6. The van der Waals surface area contributed by atoms with Crippen molar-refractivity contribution in [2.24, 2.45) is 17.8 Å². The van der Waals surface area contributed by atoms with Gasteiger partial charge in [-0.15, -0.1) is 0 Å². The third kappa shape index (κ3) is 2.57. The topological polar surface area (TPSA) is 81.2 Å². The number of nitrogens with one attached hydrogen (secondary N) is 1. The van der Waals surface area contributed by atoms with E-state index in [1.54, 1.807) is 6.07 Å². The Labute approximate surface area is 121 Å². The fraction of sp³-hybridized carbons (Fsp3) is 0.533. The first-order valence-electron chi connectivity index (χ1n) is 7.49. The molecule has 2 aliphatic rings. The van der Waals surface area contributed by atoms with Crippen LogP contribution in [0.2, 0.25) is 0 Å². The summed E-state index contributed by atoms with van der Waals surface area (Å²) in [6, 6.07) is 4.96. The number of oxazole rings is 1. The zero-order chi connectivity index (χ0) is 14.4. The van der Waals surface area contributed by atoms with Crippen molar-refractivity contribution in [1.29, 1.82) is 0 Å². The molecule has 2 saturated carbocycles. The second-order valence-electron chi connectivity index (χ2n) is 6.15. The van der Waals surface area contributed by atoms with Crippen LogP contribution >= 0.6 is 0 Å². The van der Waals surface area contributed by atoms with Gasteiger partial charge in [-0.1, -0.05) is 0 Å². The monoisotopic (exact) mass is 287 g/mol. The van der Waals surface area contributed by atoms with E-state index in [0.717, 1.165) is 24.3 Å². The highest BCUT2D eigenvalue weighted by Crippen LogP contribution is 2.49. The molecule has 1 aromatic carbocycles. The van der Waals surface area contributed by atoms with Gasteiger partial charge in [-0.05, 0) is 49.5 Å². The molecule has 21 heavy (non-hydrogen) atoms. The number of nitrogens with zero attached hydrogens (tertiary/aromatic N) is 2. The minimum atomic E-state index is -0.419. The van der Waals surface area contributed by atoms with Gasteiger partial charge in [0.25, 0.3) is 11.7 Å². The Kier molecular flexibility index (Phi) is 2.83. The molecule has 1 heterocycles. The van der Waals surface area contributed by atoms with E-state index in [1.807, 2.05) is 0 Å². The summed E-state index contributed by atoms with van der Waals surface area (Å²) < 4.78 is 5.61. The smallest absolute Gasteiger partial charge is 0.295 e. The van der Waals surface area contributed by atoms with E-state index in [4.69, 9.17) is 4.42 Å². The molecule has 0 amide bonds. The zero-order valence-electron chi connectivity index (χ0n) is 11.6. The lowest BCUT2D eigenvalue weighted by atomic mass is 9.98. The quantitative estimate of drug-likeness (QED) is 0.648. The summed E-state index contributed by atoms with van der Waals surface area (Å²) in [6.45, 7) is 0.893. The Morgan fingerprint density at radius 1 is 1.33 bits per heavy atom. The second kappa shape index (κ2) is 4.72. The molecule has 0 radical (unpaired) electrons. The highest BCUT2D eigenvalue weighted by molar-refractivity contribution is 5.77. The first-order chi connectivity index (χ1) is 10.2. The minimum absolute atomic E-state index is 0.0381. The van der Waals surface area contributed by atoms with Gasteiger partial charge in [-0.2, -0.15) is 4.98 Å². The molecule has 0 aliphatic heterocycles. The van der Waals surface area contributed by atoms with Gasteiger partial charge < -0.3 is 9.73 Å². The molecule has 2 fully saturated rings. The Hall–Kier alpha value is -2.11. The number of benzene rings is 1. The summed E-state index contributed by atoms with van der Waals surface area (Å²) >= 11 is 0. The van der Waals surface area contributed by atoms with Crippen LogP contribution < -0.4 is 5.32 Å². The molecule has 110 valence electrons. The van der Waals surface area contributed by atoms with Crippen LogP contribution in [0.25, 0.3) is 11.1 Å². The van der Waals surface area contributed by atoms with Crippen LogP contribution in [0.1, 0.15) is 25.7 Å². The largest absolute Gasteiger partial charge is 0.424 e. The third-order valence-electron chi connectivity index (χ3n) is 4.53. The van der Waals surface area contributed by atoms with Crippen molar-refractivity contribution in [3.63, 3.8) is 0 Å². The van der Waals surface area contributed by atoms with Crippen LogP contribution in [0.4, 0.5) is 11.7 Å². The van der Waals surface area contributed by atoms with Crippen LogP contribution in [0.15, 0.2) is 22.6 Å². The van der Waals surface area contributed by atoms with E-state index in [-0.39, 0.29) is 5.69 Å². The van der Waals surface area contributed by atoms with E-state index >= 15 is 0 Å². The molecule has 4 rings (SSSR count). The second-order valence-corrected chi connectivity index (χ2v) is 6.15. The number of hydrogen-bond donors (Lipinski definition) is 1. The van der Waals surface area contributed by atoms with Gasteiger partial charge in [0, 0.05) is 18.7 Å². The SMILES string of the molecule is O=[N+]([O-])c1ccc2oc(NCC(C3CC3)C3CC3)nc2c1. The summed E-state index contributed by atoms with van der Waals surface area (Å²) in [7, 11) is 0. The fourth-order valence-electron chi connectivity index (χ4n) is 3.08. The van der Waals surface area contributed by atoms with Crippen molar-refractivity contribution in [3.05, 3.63) is 28.3 Å². The van der Waals surface area contributed by atoms with Crippen LogP contribution in [0.3, 0.4) is 0 Å². The summed E-state index contributed by atoms with van der Waals surface area (Å²) in [6.07, 6.45) is 5.40. The van der Waals surface area contributed by atoms with Crippen molar-refractivity contribution < 1.29 is 9.34 Å². The molecular formula is C15H17N3O3. The van der Waals surface area contributed by atoms with Crippen molar-refractivity contribution >= 4 is 22.8 Å². The highest BCUT2D eigenvalue weighted by atomic mass is 16.6. The van der Waals surface area contributed by atoms with Gasteiger partial charge in [-0.3, -0.25) is 10.1 Å². The van der Waals surface area contributed by atoms with E-state index in [9.17, 15) is 10.1 Å². The average molecular weight is 287 g/mol. The first-order valence-corrected chi connectivity index (χ1v) is 7.49. The number of aromatic nitrogens is 1. The van der Waals surface area contributed by atoms with Gasteiger partial charge in [0.1, 0.15) is 5.52 Å². The molecule has 2 aliphatic carbocycles. The maximum Gasteiger partial charge on any atom is 0.295 e. The zero-order valence-corrected chi connectivity index (χ0v) is 11.6. The molecule has 0 spiro atoms. The molecular weight excluding hydrogens is 270 g/mol. The van der Waals surface area contributed by atoms with Gasteiger partial charge >= 0.3 is 0 Å². The number of nitro benzene ring substituents is 1. The number of non-ortho nitro benzene ring substituents is 1. The van der Waals surface area contributed by atoms with E-state index in [0.29, 0.717) is 17.1 Å². The Balaban J connectivity index is 1.49. The third-order valence-corrected chi connectivity index (χ3v) is 4.53. The standard InChI is InChI=1S/C15H17N3O3/c19-18(20)11-5-6-14-13(7-11)17-15(21-14)16-8-12(9-1-2-9)10-3-4-10/h5-7,9-10,12H,1-4,8H2,(H,16,17). The molecule has 6 nitrogen and oxygen atoms in total. The predicted octanol–water partition coefficient (Wildman–Crippen LogP) is 3.58. The predicted molar refractivity (Wildman–Crippen MR) is 78.1 cm³/mol. The van der Waals surface area contributed by atoms with Crippen molar-refractivity contribution in [3.8, 4) is 0 Å². The minimum Gasteiger partial charge on any atom is -0.424 e. The van der Waals surface area contributed by atoms with Crippen LogP contribution in [0.5, 0.6) is 0 Å². The van der Waals surface area contributed by atoms with Gasteiger partial charge in [0.15, 0.2) is 5.58 Å². The lowest BCUT2D eigenvalue weighted by Gasteiger charge is -2.14. The average Bonchev–Trinajstić information content (AvgIpc) is 3.36. The Bertz CT molecular complexity index is 677. The molecule has 1 N–H and O–H groups in total. The van der Waals surface area contributed by atoms with Crippen LogP contribution in [-0.4, -0.2) is 16.5 Å².